The van der Waals surface area contributed by atoms with E-state index in [4.69, 9.17) is 4.74 Å². The Morgan fingerprint density at radius 3 is 2.07 bits per heavy atom. The first-order chi connectivity index (χ1) is 14.2. The Morgan fingerprint density at radius 1 is 0.897 bits per heavy atom. The van der Waals surface area contributed by atoms with Gasteiger partial charge < -0.3 is 9.84 Å². The van der Waals surface area contributed by atoms with Gasteiger partial charge in [0.1, 0.15) is 6.10 Å². The van der Waals surface area contributed by atoms with Gasteiger partial charge in [-0.1, -0.05) is 60.7 Å². The second kappa shape index (κ2) is 7.58. The summed E-state index contributed by atoms with van der Waals surface area (Å²) in [5, 5.41) is 11.7. The number of fused-ring (bicyclic) bond motifs is 2. The number of aliphatic hydroxyl groups is 1. The third-order valence-corrected chi connectivity index (χ3v) is 7.01. The lowest BCUT2D eigenvalue weighted by molar-refractivity contribution is -0.173. The Kier molecular flexibility index (Phi) is 4.92. The van der Waals surface area contributed by atoms with E-state index < -0.39 is 11.6 Å². The number of hydrogen-bond acceptors (Lipinski definition) is 4. The number of rotatable bonds is 6. The molecule has 2 aliphatic heterocycles. The highest BCUT2D eigenvalue weighted by molar-refractivity contribution is 5.85. The minimum atomic E-state index is -1.79. The van der Waals surface area contributed by atoms with Crippen LogP contribution in [0.4, 0.5) is 0 Å². The van der Waals surface area contributed by atoms with Crippen LogP contribution in [0.1, 0.15) is 49.7 Å². The SMILES string of the molecule is O=C(OC1CCC2CC[C@@H]1N2CC1CC1)C(O)(c1ccccc1)c1ccccc1. The molecule has 0 amide bonds. The van der Waals surface area contributed by atoms with Crippen LogP contribution in [-0.2, 0) is 15.1 Å². The van der Waals surface area contributed by atoms with Crippen LogP contribution in [-0.4, -0.2) is 40.7 Å². The maximum Gasteiger partial charge on any atom is 0.348 e. The van der Waals surface area contributed by atoms with Crippen LogP contribution in [0.3, 0.4) is 0 Å². The molecule has 0 radical (unpaired) electrons. The van der Waals surface area contributed by atoms with E-state index in [9.17, 15) is 9.90 Å². The maximum atomic E-state index is 13.5. The predicted octanol–water partition coefficient (Wildman–Crippen LogP) is 3.87. The number of nitrogens with zero attached hydrogens (tertiary/aromatic N) is 1. The van der Waals surface area contributed by atoms with Crippen LogP contribution in [0.25, 0.3) is 0 Å². The highest BCUT2D eigenvalue weighted by atomic mass is 16.6. The summed E-state index contributed by atoms with van der Waals surface area (Å²) >= 11 is 0. The van der Waals surface area contributed by atoms with E-state index in [0.717, 1.165) is 31.7 Å². The molecule has 4 nitrogen and oxygen atoms in total. The van der Waals surface area contributed by atoms with Crippen LogP contribution in [0.15, 0.2) is 60.7 Å². The van der Waals surface area contributed by atoms with Crippen LogP contribution in [0.2, 0.25) is 0 Å². The molecular weight excluding hydrogens is 362 g/mol. The lowest BCUT2D eigenvalue weighted by atomic mass is 9.86. The first kappa shape index (κ1) is 18.8. The number of hydrogen-bond donors (Lipinski definition) is 1. The molecule has 2 aromatic rings. The van der Waals surface area contributed by atoms with Gasteiger partial charge in [-0.15, -0.1) is 0 Å². The number of benzene rings is 2. The Morgan fingerprint density at radius 2 is 1.48 bits per heavy atom. The van der Waals surface area contributed by atoms with Gasteiger partial charge in [0.2, 0.25) is 5.60 Å². The smallest absolute Gasteiger partial charge is 0.348 e. The van der Waals surface area contributed by atoms with Crippen molar-refractivity contribution in [3.63, 3.8) is 0 Å². The van der Waals surface area contributed by atoms with E-state index in [1.54, 1.807) is 24.3 Å². The van der Waals surface area contributed by atoms with Crippen LogP contribution in [0, 0.1) is 5.92 Å². The lowest BCUT2D eigenvalue weighted by Gasteiger charge is -2.40. The third-order valence-electron chi connectivity index (χ3n) is 7.01. The van der Waals surface area contributed by atoms with Gasteiger partial charge in [0.15, 0.2) is 0 Å². The number of ether oxygens (including phenoxy) is 1. The molecule has 1 N–H and O–H groups in total. The first-order valence-electron chi connectivity index (χ1n) is 11.0. The Balaban J connectivity index is 1.41. The van der Waals surface area contributed by atoms with Gasteiger partial charge in [0, 0.05) is 18.6 Å². The Labute approximate surface area is 172 Å². The molecule has 4 heteroatoms. The highest BCUT2D eigenvalue weighted by Crippen LogP contribution is 2.42. The fourth-order valence-electron chi connectivity index (χ4n) is 5.23. The number of esters is 1. The average molecular weight is 392 g/mol. The van der Waals surface area contributed by atoms with Crippen molar-refractivity contribution >= 4 is 5.97 Å². The summed E-state index contributed by atoms with van der Waals surface area (Å²) in [5.41, 5.74) is -0.698. The van der Waals surface area contributed by atoms with Crippen LogP contribution in [0.5, 0.6) is 0 Å². The van der Waals surface area contributed by atoms with Crippen molar-refractivity contribution in [1.82, 2.24) is 4.90 Å². The van der Waals surface area contributed by atoms with Crippen LogP contribution < -0.4 is 0 Å². The van der Waals surface area contributed by atoms with Crippen molar-refractivity contribution in [3.8, 4) is 0 Å². The topological polar surface area (TPSA) is 49.8 Å². The van der Waals surface area contributed by atoms with E-state index in [1.807, 2.05) is 36.4 Å². The van der Waals surface area contributed by atoms with Crippen molar-refractivity contribution in [2.45, 2.75) is 62.3 Å². The third kappa shape index (κ3) is 3.49. The zero-order chi connectivity index (χ0) is 19.8. The molecular formula is C25H29NO3. The summed E-state index contributed by atoms with van der Waals surface area (Å²) in [6.07, 6.45) is 6.79. The quantitative estimate of drug-likeness (QED) is 0.760. The molecule has 0 aromatic heterocycles. The molecule has 0 spiro atoms. The van der Waals surface area contributed by atoms with Gasteiger partial charge in [-0.2, -0.15) is 0 Å². The monoisotopic (exact) mass is 391 g/mol. The summed E-state index contributed by atoms with van der Waals surface area (Å²) in [5.74, 6) is 0.273. The fraction of sp³-hybridized carbons (Fsp3) is 0.480. The standard InChI is InChI=1S/C25H29NO3/c27-24(25(28,19-7-3-1-4-8-19)20-9-5-2-6-10-20)29-23-16-14-21-13-15-22(23)26(21)17-18-11-12-18/h1-10,18,21-23,28H,11-17H2/t21?,22-,23?/m0/s1. The molecule has 2 aromatic carbocycles. The molecule has 2 heterocycles. The molecule has 2 bridgehead atoms. The van der Waals surface area contributed by atoms with E-state index in [1.165, 1.54) is 19.3 Å². The normalized spacial score (nSPS) is 27.0. The lowest BCUT2D eigenvalue weighted by Crippen LogP contribution is -2.51. The Hall–Kier alpha value is -2.17. The molecule has 29 heavy (non-hydrogen) atoms. The van der Waals surface area contributed by atoms with Gasteiger partial charge in [0.25, 0.3) is 0 Å². The maximum absolute atomic E-state index is 13.5. The summed E-state index contributed by atoms with van der Waals surface area (Å²) in [4.78, 5) is 16.1. The number of piperidine rings is 1. The predicted molar refractivity (Wildman–Crippen MR) is 111 cm³/mol. The number of carbonyl (C=O) groups is 1. The van der Waals surface area contributed by atoms with Gasteiger partial charge in [-0.3, -0.25) is 4.90 Å². The second-order valence-corrected chi connectivity index (χ2v) is 8.90. The molecule has 5 rings (SSSR count). The molecule has 1 aliphatic carbocycles. The number of carbonyl (C=O) groups excluding carboxylic acids is 1. The Bertz CT molecular complexity index is 809. The van der Waals surface area contributed by atoms with Gasteiger partial charge in [-0.05, 0) is 55.6 Å². The van der Waals surface area contributed by atoms with Gasteiger partial charge >= 0.3 is 5.97 Å². The molecule has 3 atom stereocenters. The largest absolute Gasteiger partial charge is 0.458 e. The van der Waals surface area contributed by atoms with E-state index in [2.05, 4.69) is 4.90 Å². The highest BCUT2D eigenvalue weighted by Gasteiger charge is 2.48. The fourth-order valence-corrected chi connectivity index (χ4v) is 5.23. The van der Waals surface area contributed by atoms with Gasteiger partial charge in [0.05, 0.1) is 0 Å². The molecule has 1 saturated carbocycles. The summed E-state index contributed by atoms with van der Waals surface area (Å²) in [7, 11) is 0. The average Bonchev–Trinajstić information content (AvgIpc) is 3.53. The van der Waals surface area contributed by atoms with Crippen molar-refractivity contribution in [1.29, 1.82) is 0 Å². The van der Waals surface area contributed by atoms with Crippen molar-refractivity contribution in [3.05, 3.63) is 71.8 Å². The molecule has 152 valence electrons. The first-order valence-corrected chi connectivity index (χ1v) is 11.0. The van der Waals surface area contributed by atoms with E-state index in [0.29, 0.717) is 23.2 Å². The van der Waals surface area contributed by atoms with Gasteiger partial charge in [-0.25, -0.2) is 4.79 Å². The van der Waals surface area contributed by atoms with Crippen molar-refractivity contribution in [2.24, 2.45) is 5.92 Å². The minimum Gasteiger partial charge on any atom is -0.458 e. The summed E-state index contributed by atoms with van der Waals surface area (Å²) < 4.78 is 6.10. The van der Waals surface area contributed by atoms with E-state index >= 15 is 0 Å². The van der Waals surface area contributed by atoms with E-state index in [-0.39, 0.29) is 6.10 Å². The van der Waals surface area contributed by atoms with Crippen molar-refractivity contribution in [2.75, 3.05) is 6.54 Å². The zero-order valence-electron chi connectivity index (χ0n) is 16.7. The zero-order valence-corrected chi connectivity index (χ0v) is 16.7. The minimum absolute atomic E-state index is 0.140. The molecule has 2 unspecified atom stereocenters. The molecule has 3 aliphatic rings. The molecule has 2 saturated heterocycles. The second-order valence-electron chi connectivity index (χ2n) is 8.90. The van der Waals surface area contributed by atoms with Crippen LogP contribution >= 0.6 is 0 Å². The summed E-state index contributed by atoms with van der Waals surface area (Å²) in [6.45, 7) is 1.14. The summed E-state index contributed by atoms with van der Waals surface area (Å²) in [6, 6.07) is 19.3. The molecule has 3 fully saturated rings. The van der Waals surface area contributed by atoms with Crippen molar-refractivity contribution < 1.29 is 14.6 Å².